The summed E-state index contributed by atoms with van der Waals surface area (Å²) >= 11 is 5.95. The van der Waals surface area contributed by atoms with E-state index >= 15 is 0 Å². The average molecular weight is 304 g/mol. The summed E-state index contributed by atoms with van der Waals surface area (Å²) in [6, 6.07) is 11.2. The fraction of sp³-hybridized carbons (Fsp3) is 0.0667. The van der Waals surface area contributed by atoms with Gasteiger partial charge in [0.25, 0.3) is 5.89 Å². The molecule has 3 rings (SSSR count). The first-order chi connectivity index (χ1) is 10.1. The number of aromatic nitrogens is 2. The third kappa shape index (κ3) is 3.20. The first kappa shape index (κ1) is 13.6. The van der Waals surface area contributed by atoms with Crippen molar-refractivity contribution in [2.45, 2.75) is 6.42 Å². The number of rotatable bonds is 3. The minimum Gasteiger partial charge on any atom is -0.399 e. The Bertz CT molecular complexity index is 751. The van der Waals surface area contributed by atoms with Crippen LogP contribution in [0.4, 0.5) is 10.1 Å². The number of benzene rings is 2. The molecule has 0 aliphatic heterocycles. The van der Waals surface area contributed by atoms with Crippen LogP contribution in [-0.2, 0) is 6.42 Å². The molecule has 0 saturated carbocycles. The van der Waals surface area contributed by atoms with E-state index in [1.807, 2.05) is 0 Å². The third-order valence-electron chi connectivity index (χ3n) is 2.91. The molecule has 0 fully saturated rings. The molecule has 6 heteroatoms. The van der Waals surface area contributed by atoms with Gasteiger partial charge in [0, 0.05) is 22.7 Å². The second-order valence-corrected chi connectivity index (χ2v) is 5.03. The Morgan fingerprint density at radius 2 is 1.90 bits per heavy atom. The molecule has 4 nitrogen and oxygen atoms in total. The van der Waals surface area contributed by atoms with E-state index in [-0.39, 0.29) is 5.82 Å². The molecule has 0 spiro atoms. The number of nitrogens with two attached hydrogens (primary N) is 1. The Hall–Kier alpha value is -2.40. The zero-order chi connectivity index (χ0) is 14.8. The molecule has 0 unspecified atom stereocenters. The lowest BCUT2D eigenvalue weighted by molar-refractivity contribution is 0.424. The van der Waals surface area contributed by atoms with Gasteiger partial charge in [0.1, 0.15) is 5.82 Å². The lowest BCUT2D eigenvalue weighted by Gasteiger charge is -1.98. The lowest BCUT2D eigenvalue weighted by atomic mass is 10.1. The van der Waals surface area contributed by atoms with E-state index in [1.54, 1.807) is 30.3 Å². The van der Waals surface area contributed by atoms with E-state index < -0.39 is 0 Å². The molecule has 106 valence electrons. The van der Waals surface area contributed by atoms with Crippen LogP contribution >= 0.6 is 11.6 Å². The minimum absolute atomic E-state index is 0.276. The number of nitrogens with zero attached hydrogens (tertiary/aromatic N) is 2. The molecule has 3 aromatic rings. The number of anilines is 1. The Labute approximate surface area is 125 Å². The van der Waals surface area contributed by atoms with Crippen molar-refractivity contribution in [3.05, 3.63) is 64.7 Å². The van der Waals surface area contributed by atoms with Gasteiger partial charge in [-0.3, -0.25) is 0 Å². The fourth-order valence-electron chi connectivity index (χ4n) is 1.96. The first-order valence-corrected chi connectivity index (χ1v) is 6.61. The van der Waals surface area contributed by atoms with Crippen LogP contribution in [0.1, 0.15) is 11.4 Å². The zero-order valence-electron chi connectivity index (χ0n) is 10.9. The van der Waals surface area contributed by atoms with Crippen LogP contribution in [0.5, 0.6) is 0 Å². The highest BCUT2D eigenvalue weighted by atomic mass is 35.5. The highest BCUT2D eigenvalue weighted by molar-refractivity contribution is 6.31. The van der Waals surface area contributed by atoms with E-state index in [4.69, 9.17) is 21.9 Å². The molecular formula is C15H11ClFN3O. The Morgan fingerprint density at radius 1 is 1.14 bits per heavy atom. The van der Waals surface area contributed by atoms with Crippen molar-refractivity contribution < 1.29 is 8.91 Å². The first-order valence-electron chi connectivity index (χ1n) is 6.23. The molecule has 1 heterocycles. The number of nitrogen functional groups attached to an aromatic ring is 1. The molecule has 0 aliphatic rings. The Morgan fingerprint density at radius 3 is 2.62 bits per heavy atom. The molecular weight excluding hydrogens is 293 g/mol. The van der Waals surface area contributed by atoms with E-state index in [1.165, 1.54) is 12.1 Å². The summed E-state index contributed by atoms with van der Waals surface area (Å²) in [5.74, 6) is 0.582. The molecule has 2 aromatic carbocycles. The molecule has 0 amide bonds. The van der Waals surface area contributed by atoms with Crippen LogP contribution < -0.4 is 5.73 Å². The van der Waals surface area contributed by atoms with Gasteiger partial charge in [-0.15, -0.1) is 0 Å². The van der Waals surface area contributed by atoms with Gasteiger partial charge in [-0.2, -0.15) is 4.98 Å². The van der Waals surface area contributed by atoms with E-state index in [2.05, 4.69) is 10.1 Å². The summed E-state index contributed by atoms with van der Waals surface area (Å²) in [6.07, 6.45) is 0.458. The Kier molecular flexibility index (Phi) is 3.58. The van der Waals surface area contributed by atoms with Crippen molar-refractivity contribution in [1.29, 1.82) is 0 Å². The quantitative estimate of drug-likeness (QED) is 0.749. The van der Waals surface area contributed by atoms with Crippen LogP contribution in [0.15, 0.2) is 47.0 Å². The predicted molar refractivity (Wildman–Crippen MR) is 78.4 cm³/mol. The second kappa shape index (κ2) is 5.54. The SMILES string of the molecule is Nc1cc(Cl)cc(-c2nc(Cc3ccc(F)cc3)no2)c1. The summed E-state index contributed by atoms with van der Waals surface area (Å²) in [4.78, 5) is 4.29. The molecule has 0 radical (unpaired) electrons. The standard InChI is InChI=1S/C15H11ClFN3O/c16-11-6-10(7-13(18)8-11)15-19-14(20-21-15)5-9-1-3-12(17)4-2-9/h1-4,6-8H,5,18H2. The maximum Gasteiger partial charge on any atom is 0.258 e. The number of hydrogen-bond donors (Lipinski definition) is 1. The maximum atomic E-state index is 12.9. The van der Waals surface area contributed by atoms with Gasteiger partial charge < -0.3 is 10.3 Å². The number of halogens is 2. The van der Waals surface area contributed by atoms with Gasteiger partial charge in [-0.25, -0.2) is 4.39 Å². The van der Waals surface area contributed by atoms with Crippen LogP contribution in [0, 0.1) is 5.82 Å². The van der Waals surface area contributed by atoms with Crippen LogP contribution in [0.2, 0.25) is 5.02 Å². The van der Waals surface area contributed by atoms with E-state index in [9.17, 15) is 4.39 Å². The van der Waals surface area contributed by atoms with Gasteiger partial charge in [-0.1, -0.05) is 28.9 Å². The predicted octanol–water partition coefficient (Wildman–Crippen LogP) is 3.70. The fourth-order valence-corrected chi connectivity index (χ4v) is 2.21. The molecule has 2 N–H and O–H groups in total. The molecule has 0 bridgehead atoms. The number of hydrogen-bond acceptors (Lipinski definition) is 4. The molecule has 0 saturated heterocycles. The van der Waals surface area contributed by atoms with Crippen molar-refractivity contribution in [3.8, 4) is 11.5 Å². The lowest BCUT2D eigenvalue weighted by Crippen LogP contribution is -1.91. The van der Waals surface area contributed by atoms with Crippen molar-refractivity contribution in [1.82, 2.24) is 10.1 Å². The van der Waals surface area contributed by atoms with Gasteiger partial charge in [0.15, 0.2) is 5.82 Å². The van der Waals surface area contributed by atoms with Crippen molar-refractivity contribution in [3.63, 3.8) is 0 Å². The highest BCUT2D eigenvalue weighted by Crippen LogP contribution is 2.25. The van der Waals surface area contributed by atoms with Gasteiger partial charge in [-0.05, 0) is 35.9 Å². The average Bonchev–Trinajstić information content (AvgIpc) is 2.89. The summed E-state index contributed by atoms with van der Waals surface area (Å²) in [6.45, 7) is 0. The van der Waals surface area contributed by atoms with Gasteiger partial charge in [0.05, 0.1) is 0 Å². The summed E-state index contributed by atoms with van der Waals surface area (Å²) in [7, 11) is 0. The second-order valence-electron chi connectivity index (χ2n) is 4.59. The molecule has 1 aromatic heterocycles. The summed E-state index contributed by atoms with van der Waals surface area (Å²) in [5.41, 5.74) is 7.82. The smallest absolute Gasteiger partial charge is 0.258 e. The van der Waals surface area contributed by atoms with Gasteiger partial charge in [0.2, 0.25) is 0 Å². The largest absolute Gasteiger partial charge is 0.399 e. The monoisotopic (exact) mass is 303 g/mol. The van der Waals surface area contributed by atoms with Crippen molar-refractivity contribution >= 4 is 17.3 Å². The molecule has 0 atom stereocenters. The minimum atomic E-state index is -0.276. The normalized spacial score (nSPS) is 10.8. The van der Waals surface area contributed by atoms with Crippen LogP contribution in [0.3, 0.4) is 0 Å². The van der Waals surface area contributed by atoms with E-state index in [0.717, 1.165) is 5.56 Å². The van der Waals surface area contributed by atoms with Crippen molar-refractivity contribution in [2.24, 2.45) is 0 Å². The third-order valence-corrected chi connectivity index (χ3v) is 3.13. The maximum absolute atomic E-state index is 12.9. The van der Waals surface area contributed by atoms with E-state index in [0.29, 0.717) is 34.4 Å². The Balaban J connectivity index is 1.84. The van der Waals surface area contributed by atoms with Crippen LogP contribution in [0.25, 0.3) is 11.5 Å². The topological polar surface area (TPSA) is 64.9 Å². The summed E-state index contributed by atoms with van der Waals surface area (Å²) < 4.78 is 18.1. The van der Waals surface area contributed by atoms with Gasteiger partial charge >= 0.3 is 0 Å². The molecule has 21 heavy (non-hydrogen) atoms. The highest BCUT2D eigenvalue weighted by Gasteiger charge is 2.10. The van der Waals surface area contributed by atoms with Crippen molar-refractivity contribution in [2.75, 3.05) is 5.73 Å². The molecule has 0 aliphatic carbocycles. The zero-order valence-corrected chi connectivity index (χ0v) is 11.6. The van der Waals surface area contributed by atoms with Crippen LogP contribution in [-0.4, -0.2) is 10.1 Å². The summed E-state index contributed by atoms with van der Waals surface area (Å²) in [5, 5.41) is 4.41.